The predicted molar refractivity (Wildman–Crippen MR) is 98.5 cm³/mol. The van der Waals surface area contributed by atoms with Crippen molar-refractivity contribution in [2.24, 2.45) is 5.73 Å². The molecule has 1 amide bonds. The second-order valence-corrected chi connectivity index (χ2v) is 6.25. The van der Waals surface area contributed by atoms with E-state index in [1.165, 1.54) is 0 Å². The lowest BCUT2D eigenvalue weighted by molar-refractivity contribution is -0.138. The molecule has 0 aliphatic carbocycles. The summed E-state index contributed by atoms with van der Waals surface area (Å²) in [4.78, 5) is 35.1. The van der Waals surface area contributed by atoms with Crippen LogP contribution in [0, 0.1) is 5.41 Å². The molecule has 1 aromatic carbocycles. The van der Waals surface area contributed by atoms with Crippen LogP contribution >= 0.6 is 0 Å². The Morgan fingerprint density at radius 1 is 1.04 bits per heavy atom. The number of nitrogens with zero attached hydrogens (tertiary/aromatic N) is 4. The maximum absolute atomic E-state index is 12.5. The molecule has 27 heavy (non-hydrogen) atoms. The fraction of sp³-hybridized carbons (Fsp3) is 0.278. The van der Waals surface area contributed by atoms with Gasteiger partial charge in [0, 0.05) is 49.7 Å². The first kappa shape index (κ1) is 18.5. The second-order valence-electron chi connectivity index (χ2n) is 6.25. The number of hydrogen-bond acceptors (Lipinski definition) is 6. The Kier molecular flexibility index (Phi) is 5.41. The Labute approximate surface area is 156 Å². The summed E-state index contributed by atoms with van der Waals surface area (Å²) in [5.74, 6) is -1.01. The third kappa shape index (κ3) is 4.45. The molecule has 1 fully saturated rings. The normalized spacial score (nSPS) is 14.7. The van der Waals surface area contributed by atoms with Crippen LogP contribution in [0.4, 0.5) is 0 Å². The van der Waals surface area contributed by atoms with Crippen molar-refractivity contribution in [3.05, 3.63) is 48.0 Å². The SMILES string of the molecule is N=C(N)c1ccc(-c2cnc(C(=O)N3CCN(CC(=O)O)CC3)nc2)cc1. The molecule has 3 rings (SSSR count). The van der Waals surface area contributed by atoms with Crippen LogP contribution in [0.2, 0.25) is 0 Å². The first-order valence-corrected chi connectivity index (χ1v) is 8.44. The molecule has 0 atom stereocenters. The lowest BCUT2D eigenvalue weighted by Gasteiger charge is -2.33. The highest BCUT2D eigenvalue weighted by Crippen LogP contribution is 2.18. The van der Waals surface area contributed by atoms with Crippen LogP contribution in [0.25, 0.3) is 11.1 Å². The largest absolute Gasteiger partial charge is 0.480 e. The van der Waals surface area contributed by atoms with Gasteiger partial charge in [0.2, 0.25) is 5.82 Å². The van der Waals surface area contributed by atoms with E-state index in [1.807, 2.05) is 12.1 Å². The summed E-state index contributed by atoms with van der Waals surface area (Å²) in [5, 5.41) is 16.2. The van der Waals surface area contributed by atoms with Gasteiger partial charge in [-0.25, -0.2) is 9.97 Å². The van der Waals surface area contributed by atoms with Crippen LogP contribution in [0.15, 0.2) is 36.7 Å². The quantitative estimate of drug-likeness (QED) is 0.509. The molecule has 0 spiro atoms. The van der Waals surface area contributed by atoms with Gasteiger partial charge < -0.3 is 15.7 Å². The number of carbonyl (C=O) groups excluding carboxylic acids is 1. The molecule has 0 bridgehead atoms. The van der Waals surface area contributed by atoms with Gasteiger partial charge in [-0.1, -0.05) is 24.3 Å². The summed E-state index contributed by atoms with van der Waals surface area (Å²) in [6.45, 7) is 1.90. The number of benzene rings is 1. The number of rotatable bonds is 5. The topological polar surface area (TPSA) is 136 Å². The highest BCUT2D eigenvalue weighted by molar-refractivity contribution is 5.95. The van der Waals surface area contributed by atoms with Gasteiger partial charge in [0.1, 0.15) is 5.84 Å². The van der Waals surface area contributed by atoms with Crippen molar-refractivity contribution in [1.82, 2.24) is 19.8 Å². The standard InChI is InChI=1S/C18H20N6O3/c19-16(20)13-3-1-12(2-4-13)14-9-21-17(22-10-14)18(27)24-7-5-23(6-8-24)11-15(25)26/h1-4,9-10H,5-8,11H2,(H3,19,20)(H,25,26). The van der Waals surface area contributed by atoms with Crippen LogP contribution in [-0.2, 0) is 4.79 Å². The van der Waals surface area contributed by atoms with Gasteiger partial charge in [0.25, 0.3) is 5.91 Å². The van der Waals surface area contributed by atoms with Crippen molar-refractivity contribution in [2.45, 2.75) is 0 Å². The zero-order chi connectivity index (χ0) is 19.4. The molecule has 0 unspecified atom stereocenters. The van der Waals surface area contributed by atoms with E-state index in [9.17, 15) is 9.59 Å². The Balaban J connectivity index is 1.64. The summed E-state index contributed by atoms with van der Waals surface area (Å²) in [6.07, 6.45) is 3.17. The van der Waals surface area contributed by atoms with Gasteiger partial charge in [-0.05, 0) is 5.56 Å². The molecular weight excluding hydrogens is 348 g/mol. The number of aromatic nitrogens is 2. The van der Waals surface area contributed by atoms with E-state index in [-0.39, 0.29) is 24.1 Å². The molecule has 2 aromatic rings. The van der Waals surface area contributed by atoms with Crippen molar-refractivity contribution < 1.29 is 14.7 Å². The minimum Gasteiger partial charge on any atom is -0.480 e. The number of piperazine rings is 1. The number of nitrogens with one attached hydrogen (secondary N) is 1. The number of carbonyl (C=O) groups is 2. The van der Waals surface area contributed by atoms with E-state index in [0.29, 0.717) is 31.7 Å². The second kappa shape index (κ2) is 7.92. The van der Waals surface area contributed by atoms with Gasteiger partial charge in [-0.2, -0.15) is 0 Å². The molecule has 2 heterocycles. The number of amidine groups is 1. The average Bonchev–Trinajstić information content (AvgIpc) is 2.68. The van der Waals surface area contributed by atoms with Gasteiger partial charge in [-0.15, -0.1) is 0 Å². The molecule has 140 valence electrons. The van der Waals surface area contributed by atoms with Crippen molar-refractivity contribution >= 4 is 17.7 Å². The van der Waals surface area contributed by atoms with Gasteiger partial charge in [0.05, 0.1) is 6.54 Å². The third-order valence-electron chi connectivity index (χ3n) is 4.39. The van der Waals surface area contributed by atoms with Crippen LogP contribution in [-0.4, -0.2) is 75.3 Å². The zero-order valence-electron chi connectivity index (χ0n) is 14.6. The molecule has 1 aliphatic heterocycles. The highest BCUT2D eigenvalue weighted by atomic mass is 16.4. The van der Waals surface area contributed by atoms with Crippen LogP contribution in [0.5, 0.6) is 0 Å². The van der Waals surface area contributed by atoms with E-state index < -0.39 is 5.97 Å². The fourth-order valence-corrected chi connectivity index (χ4v) is 2.87. The molecule has 0 saturated carbocycles. The molecule has 4 N–H and O–H groups in total. The molecule has 1 aromatic heterocycles. The first-order valence-electron chi connectivity index (χ1n) is 8.44. The van der Waals surface area contributed by atoms with E-state index in [0.717, 1.165) is 11.1 Å². The molecule has 0 radical (unpaired) electrons. The van der Waals surface area contributed by atoms with Crippen molar-refractivity contribution in [2.75, 3.05) is 32.7 Å². The molecule has 1 saturated heterocycles. The Morgan fingerprint density at radius 3 is 2.15 bits per heavy atom. The Hall–Kier alpha value is -3.33. The molecule has 9 heteroatoms. The van der Waals surface area contributed by atoms with Crippen LogP contribution < -0.4 is 5.73 Å². The number of amides is 1. The van der Waals surface area contributed by atoms with E-state index in [4.69, 9.17) is 16.2 Å². The van der Waals surface area contributed by atoms with Gasteiger partial charge in [-0.3, -0.25) is 19.9 Å². The number of carboxylic acids is 1. The van der Waals surface area contributed by atoms with Gasteiger partial charge >= 0.3 is 5.97 Å². The molecule has 9 nitrogen and oxygen atoms in total. The summed E-state index contributed by atoms with van der Waals surface area (Å²) < 4.78 is 0. The fourth-order valence-electron chi connectivity index (χ4n) is 2.87. The average molecular weight is 368 g/mol. The van der Waals surface area contributed by atoms with Crippen LogP contribution in [0.1, 0.15) is 16.2 Å². The number of aliphatic carboxylic acids is 1. The Morgan fingerprint density at radius 2 is 1.63 bits per heavy atom. The predicted octanol–water partition coefficient (Wildman–Crippen LogP) is 0.270. The summed E-state index contributed by atoms with van der Waals surface area (Å²) >= 11 is 0. The van der Waals surface area contributed by atoms with Gasteiger partial charge in [0.15, 0.2) is 0 Å². The summed E-state index contributed by atoms with van der Waals surface area (Å²) in [6, 6.07) is 7.12. The number of nitrogen functional groups attached to an aromatic ring is 1. The minimum atomic E-state index is -0.870. The summed E-state index contributed by atoms with van der Waals surface area (Å²) in [5.41, 5.74) is 7.70. The molecular formula is C18H20N6O3. The lowest BCUT2D eigenvalue weighted by Crippen LogP contribution is -2.50. The monoisotopic (exact) mass is 368 g/mol. The van der Waals surface area contributed by atoms with E-state index in [2.05, 4.69) is 9.97 Å². The molecule has 1 aliphatic rings. The maximum atomic E-state index is 12.5. The minimum absolute atomic E-state index is 0.00203. The lowest BCUT2D eigenvalue weighted by atomic mass is 10.1. The summed E-state index contributed by atoms with van der Waals surface area (Å²) in [7, 11) is 0. The zero-order valence-corrected chi connectivity index (χ0v) is 14.6. The maximum Gasteiger partial charge on any atom is 0.317 e. The van der Waals surface area contributed by atoms with E-state index >= 15 is 0 Å². The van der Waals surface area contributed by atoms with E-state index in [1.54, 1.807) is 34.3 Å². The first-order chi connectivity index (χ1) is 12.9. The number of hydrogen-bond donors (Lipinski definition) is 3. The smallest absolute Gasteiger partial charge is 0.317 e. The van der Waals surface area contributed by atoms with Crippen LogP contribution in [0.3, 0.4) is 0 Å². The number of nitrogens with two attached hydrogens (primary N) is 1. The highest BCUT2D eigenvalue weighted by Gasteiger charge is 2.24. The Bertz CT molecular complexity index is 842. The third-order valence-corrected chi connectivity index (χ3v) is 4.39. The number of carboxylic acid groups (broad SMARTS) is 1. The van der Waals surface area contributed by atoms with Crippen molar-refractivity contribution in [1.29, 1.82) is 5.41 Å². The van der Waals surface area contributed by atoms with Crippen molar-refractivity contribution in [3.8, 4) is 11.1 Å². The van der Waals surface area contributed by atoms with Crippen molar-refractivity contribution in [3.63, 3.8) is 0 Å².